The van der Waals surface area contributed by atoms with E-state index < -0.39 is 6.10 Å². The van der Waals surface area contributed by atoms with Crippen LogP contribution in [0.3, 0.4) is 0 Å². The molecule has 132 valence electrons. The minimum absolute atomic E-state index is 0.0821. The Morgan fingerprint density at radius 3 is 2.77 bits per heavy atom. The molecular formula is C19H17N3O4. The Balaban J connectivity index is 1.79. The van der Waals surface area contributed by atoms with Gasteiger partial charge < -0.3 is 19.7 Å². The van der Waals surface area contributed by atoms with Gasteiger partial charge in [0.2, 0.25) is 0 Å². The molecule has 0 radical (unpaired) electrons. The number of fused-ring (bicyclic) bond motifs is 1. The molecule has 0 aliphatic carbocycles. The van der Waals surface area contributed by atoms with Crippen LogP contribution in [0.1, 0.15) is 5.56 Å². The van der Waals surface area contributed by atoms with E-state index in [0.717, 1.165) is 0 Å². The zero-order valence-corrected chi connectivity index (χ0v) is 14.1. The summed E-state index contributed by atoms with van der Waals surface area (Å²) in [5.41, 5.74) is 0.931. The van der Waals surface area contributed by atoms with Crippen LogP contribution in [0.25, 0.3) is 0 Å². The van der Waals surface area contributed by atoms with E-state index in [2.05, 4.69) is 5.32 Å². The Morgan fingerprint density at radius 2 is 2.00 bits per heavy atom. The van der Waals surface area contributed by atoms with Crippen molar-refractivity contribution in [2.45, 2.75) is 6.10 Å². The normalized spacial score (nSPS) is 15.2. The Kier molecular flexibility index (Phi) is 5.04. The SMILES string of the molecule is CNC(=O)[C@H]1CN(C(=O)COc2ccccc2C#N)c2ccccc2O1. The molecule has 2 aromatic rings. The summed E-state index contributed by atoms with van der Waals surface area (Å²) in [6.45, 7) is -0.174. The molecule has 0 saturated carbocycles. The van der Waals surface area contributed by atoms with E-state index in [1.54, 1.807) is 48.5 Å². The minimum atomic E-state index is -0.801. The quantitative estimate of drug-likeness (QED) is 0.901. The van der Waals surface area contributed by atoms with Gasteiger partial charge in [0.15, 0.2) is 12.7 Å². The highest BCUT2D eigenvalue weighted by Crippen LogP contribution is 2.33. The average Bonchev–Trinajstić information content (AvgIpc) is 2.70. The van der Waals surface area contributed by atoms with E-state index in [9.17, 15) is 9.59 Å². The van der Waals surface area contributed by atoms with Crippen LogP contribution >= 0.6 is 0 Å². The number of hydrogen-bond donors (Lipinski definition) is 1. The monoisotopic (exact) mass is 351 g/mol. The Bertz CT molecular complexity index is 875. The Morgan fingerprint density at radius 1 is 1.27 bits per heavy atom. The van der Waals surface area contributed by atoms with Crippen molar-refractivity contribution >= 4 is 17.5 Å². The molecule has 7 heteroatoms. The first-order valence-electron chi connectivity index (χ1n) is 8.03. The molecule has 1 aliphatic rings. The smallest absolute Gasteiger partial charge is 0.265 e. The van der Waals surface area contributed by atoms with E-state index >= 15 is 0 Å². The topological polar surface area (TPSA) is 91.7 Å². The van der Waals surface area contributed by atoms with Gasteiger partial charge >= 0.3 is 0 Å². The molecule has 3 rings (SSSR count). The van der Waals surface area contributed by atoms with Crippen molar-refractivity contribution < 1.29 is 19.1 Å². The maximum atomic E-state index is 12.7. The van der Waals surface area contributed by atoms with Gasteiger partial charge in [0.05, 0.1) is 17.8 Å². The van der Waals surface area contributed by atoms with Crippen LogP contribution in [-0.4, -0.2) is 38.1 Å². The molecule has 0 fully saturated rings. The van der Waals surface area contributed by atoms with Crippen molar-refractivity contribution in [3.63, 3.8) is 0 Å². The lowest BCUT2D eigenvalue weighted by Crippen LogP contribution is -2.51. The predicted molar refractivity (Wildman–Crippen MR) is 93.9 cm³/mol. The fourth-order valence-corrected chi connectivity index (χ4v) is 2.67. The van der Waals surface area contributed by atoms with Crippen molar-refractivity contribution in [3.8, 4) is 17.6 Å². The van der Waals surface area contributed by atoms with Crippen LogP contribution in [0.4, 0.5) is 5.69 Å². The van der Waals surface area contributed by atoms with Crippen molar-refractivity contribution in [3.05, 3.63) is 54.1 Å². The van der Waals surface area contributed by atoms with Crippen LogP contribution < -0.4 is 19.7 Å². The standard InChI is InChI=1S/C19H17N3O4/c1-21-19(24)17-11-22(14-7-3-5-9-16(14)26-17)18(23)12-25-15-8-4-2-6-13(15)10-20/h2-9,17H,11-12H2,1H3,(H,21,24)/t17-/m1/s1. The Labute approximate surface area is 150 Å². The lowest BCUT2D eigenvalue weighted by atomic mass is 10.1. The van der Waals surface area contributed by atoms with E-state index in [0.29, 0.717) is 22.7 Å². The summed E-state index contributed by atoms with van der Waals surface area (Å²) in [7, 11) is 1.51. The van der Waals surface area contributed by atoms with Crippen molar-refractivity contribution in [1.82, 2.24) is 5.32 Å². The highest BCUT2D eigenvalue weighted by atomic mass is 16.5. The first kappa shape index (κ1) is 17.3. The number of para-hydroxylation sites is 3. The fourth-order valence-electron chi connectivity index (χ4n) is 2.67. The summed E-state index contributed by atoms with van der Waals surface area (Å²) in [4.78, 5) is 26.2. The zero-order chi connectivity index (χ0) is 18.5. The van der Waals surface area contributed by atoms with Gasteiger partial charge in [-0.05, 0) is 24.3 Å². The number of carbonyl (C=O) groups is 2. The molecule has 0 unspecified atom stereocenters. The molecule has 0 spiro atoms. The average molecular weight is 351 g/mol. The summed E-state index contributed by atoms with van der Waals surface area (Å²) in [6.07, 6.45) is -0.801. The highest BCUT2D eigenvalue weighted by Gasteiger charge is 2.33. The van der Waals surface area contributed by atoms with Gasteiger partial charge in [-0.25, -0.2) is 0 Å². The number of nitriles is 1. The van der Waals surface area contributed by atoms with Crippen LogP contribution in [0.5, 0.6) is 11.5 Å². The number of anilines is 1. The van der Waals surface area contributed by atoms with Crippen molar-refractivity contribution in [2.75, 3.05) is 25.1 Å². The molecule has 1 aliphatic heterocycles. The van der Waals surface area contributed by atoms with Crippen LogP contribution in [0, 0.1) is 11.3 Å². The largest absolute Gasteiger partial charge is 0.482 e. The number of hydrogen-bond acceptors (Lipinski definition) is 5. The molecule has 0 saturated heterocycles. The maximum absolute atomic E-state index is 12.7. The second kappa shape index (κ2) is 7.57. The molecule has 2 amide bonds. The number of nitrogens with zero attached hydrogens (tertiary/aromatic N) is 2. The number of amides is 2. The summed E-state index contributed by atoms with van der Waals surface area (Å²) < 4.78 is 11.2. The summed E-state index contributed by atoms with van der Waals surface area (Å²) in [6, 6.07) is 15.7. The van der Waals surface area contributed by atoms with Gasteiger partial charge in [0.25, 0.3) is 11.8 Å². The molecule has 1 heterocycles. The minimum Gasteiger partial charge on any atom is -0.482 e. The maximum Gasteiger partial charge on any atom is 0.265 e. The van der Waals surface area contributed by atoms with Crippen LogP contribution in [-0.2, 0) is 9.59 Å². The number of nitrogens with one attached hydrogen (secondary N) is 1. The summed E-state index contributed by atoms with van der Waals surface area (Å²) >= 11 is 0. The van der Waals surface area contributed by atoms with E-state index in [-0.39, 0.29) is 25.0 Å². The number of ether oxygens (including phenoxy) is 2. The first-order valence-corrected chi connectivity index (χ1v) is 8.03. The van der Waals surface area contributed by atoms with E-state index in [1.807, 2.05) is 6.07 Å². The molecule has 2 aromatic carbocycles. The molecular weight excluding hydrogens is 334 g/mol. The number of rotatable bonds is 4. The third kappa shape index (κ3) is 3.44. The molecule has 1 N–H and O–H groups in total. The second-order valence-electron chi connectivity index (χ2n) is 5.59. The fraction of sp³-hybridized carbons (Fsp3) is 0.211. The summed E-state index contributed by atoms with van der Waals surface area (Å²) in [5, 5.41) is 11.6. The van der Waals surface area contributed by atoms with Gasteiger partial charge in [-0.1, -0.05) is 24.3 Å². The van der Waals surface area contributed by atoms with Gasteiger partial charge in [-0.2, -0.15) is 5.26 Å². The van der Waals surface area contributed by atoms with Crippen LogP contribution in [0.15, 0.2) is 48.5 Å². The molecule has 0 aromatic heterocycles. The lowest BCUT2D eigenvalue weighted by molar-refractivity contribution is -0.128. The van der Waals surface area contributed by atoms with Gasteiger partial charge in [-0.3, -0.25) is 9.59 Å². The zero-order valence-electron chi connectivity index (χ0n) is 14.1. The number of likely N-dealkylation sites (N-methyl/N-ethyl adjacent to an activating group) is 1. The van der Waals surface area contributed by atoms with Crippen LogP contribution in [0.2, 0.25) is 0 Å². The van der Waals surface area contributed by atoms with Gasteiger partial charge in [0.1, 0.15) is 17.6 Å². The van der Waals surface area contributed by atoms with Gasteiger partial charge in [0, 0.05) is 7.05 Å². The predicted octanol–water partition coefficient (Wildman–Crippen LogP) is 1.48. The Hall–Kier alpha value is -3.53. The van der Waals surface area contributed by atoms with Crippen molar-refractivity contribution in [1.29, 1.82) is 5.26 Å². The highest BCUT2D eigenvalue weighted by molar-refractivity contribution is 5.98. The molecule has 26 heavy (non-hydrogen) atoms. The van der Waals surface area contributed by atoms with E-state index in [4.69, 9.17) is 14.7 Å². The summed E-state index contributed by atoms with van der Waals surface area (Å²) in [5.74, 6) is 0.154. The number of carbonyl (C=O) groups excluding carboxylic acids is 2. The molecule has 1 atom stereocenters. The van der Waals surface area contributed by atoms with E-state index in [1.165, 1.54) is 11.9 Å². The first-order chi connectivity index (χ1) is 12.6. The molecule has 0 bridgehead atoms. The lowest BCUT2D eigenvalue weighted by Gasteiger charge is -2.33. The second-order valence-corrected chi connectivity index (χ2v) is 5.59. The number of benzene rings is 2. The van der Waals surface area contributed by atoms with Gasteiger partial charge in [-0.15, -0.1) is 0 Å². The molecule has 7 nitrogen and oxygen atoms in total. The van der Waals surface area contributed by atoms with Crippen molar-refractivity contribution in [2.24, 2.45) is 0 Å². The third-order valence-electron chi connectivity index (χ3n) is 3.97. The third-order valence-corrected chi connectivity index (χ3v) is 3.97.